The zero-order valence-corrected chi connectivity index (χ0v) is 9.28. The van der Waals surface area contributed by atoms with E-state index < -0.39 is 0 Å². The van der Waals surface area contributed by atoms with Gasteiger partial charge in [0.2, 0.25) is 0 Å². The van der Waals surface area contributed by atoms with Crippen molar-refractivity contribution in [3.8, 4) is 5.75 Å². The molecule has 1 atom stereocenters. The standard InChI is InChI=1S/C13H18NO/c1-2-11-6-5-7-12(10-11)15-13-8-3-4-9-14-13/h5-7,10,13H,2-4,8-9H2,1H3. The van der Waals surface area contributed by atoms with Gasteiger partial charge in [0.05, 0.1) is 0 Å². The molecule has 0 aliphatic carbocycles. The second-order valence-electron chi connectivity index (χ2n) is 3.98. The molecule has 81 valence electrons. The Hall–Kier alpha value is -1.02. The smallest absolute Gasteiger partial charge is 0.165 e. The number of aryl methyl sites for hydroxylation is 1. The van der Waals surface area contributed by atoms with Crippen LogP contribution >= 0.6 is 0 Å². The van der Waals surface area contributed by atoms with Gasteiger partial charge in [0.25, 0.3) is 0 Å². The van der Waals surface area contributed by atoms with E-state index in [1.165, 1.54) is 18.4 Å². The quantitative estimate of drug-likeness (QED) is 0.742. The molecule has 1 radical (unpaired) electrons. The van der Waals surface area contributed by atoms with Gasteiger partial charge in [-0.1, -0.05) is 19.1 Å². The minimum Gasteiger partial charge on any atom is -0.474 e. The van der Waals surface area contributed by atoms with Crippen LogP contribution in [0.15, 0.2) is 24.3 Å². The highest BCUT2D eigenvalue weighted by molar-refractivity contribution is 5.28. The lowest BCUT2D eigenvalue weighted by Crippen LogP contribution is -2.32. The molecule has 2 heteroatoms. The Labute approximate surface area is 91.6 Å². The first-order chi connectivity index (χ1) is 7.38. The van der Waals surface area contributed by atoms with E-state index in [1.807, 2.05) is 6.07 Å². The molecule has 0 N–H and O–H groups in total. The van der Waals surface area contributed by atoms with Crippen molar-refractivity contribution in [3.05, 3.63) is 29.8 Å². The lowest BCUT2D eigenvalue weighted by atomic mass is 10.1. The zero-order valence-electron chi connectivity index (χ0n) is 9.28. The van der Waals surface area contributed by atoms with Gasteiger partial charge in [-0.05, 0) is 43.4 Å². The van der Waals surface area contributed by atoms with Crippen LogP contribution in [0, 0.1) is 0 Å². The molecule has 2 rings (SSSR count). The van der Waals surface area contributed by atoms with Crippen LogP contribution in [0.3, 0.4) is 0 Å². The van der Waals surface area contributed by atoms with Gasteiger partial charge in [0.15, 0.2) is 6.23 Å². The fourth-order valence-electron chi connectivity index (χ4n) is 1.85. The summed E-state index contributed by atoms with van der Waals surface area (Å²) in [6.45, 7) is 3.11. The fourth-order valence-corrected chi connectivity index (χ4v) is 1.85. The van der Waals surface area contributed by atoms with E-state index >= 15 is 0 Å². The topological polar surface area (TPSA) is 23.3 Å². The van der Waals surface area contributed by atoms with Gasteiger partial charge in [0, 0.05) is 6.54 Å². The van der Waals surface area contributed by atoms with Gasteiger partial charge in [-0.25, -0.2) is 5.32 Å². The second-order valence-corrected chi connectivity index (χ2v) is 3.98. The number of hydrogen-bond donors (Lipinski definition) is 0. The summed E-state index contributed by atoms with van der Waals surface area (Å²) in [5, 5.41) is 4.46. The summed E-state index contributed by atoms with van der Waals surface area (Å²) in [4.78, 5) is 0. The largest absolute Gasteiger partial charge is 0.474 e. The highest BCUT2D eigenvalue weighted by Crippen LogP contribution is 2.18. The van der Waals surface area contributed by atoms with Crippen LogP contribution in [0.1, 0.15) is 31.7 Å². The van der Waals surface area contributed by atoms with Gasteiger partial charge < -0.3 is 4.74 Å². The van der Waals surface area contributed by atoms with Crippen molar-refractivity contribution in [3.63, 3.8) is 0 Å². The molecule has 0 saturated carbocycles. The van der Waals surface area contributed by atoms with Crippen molar-refractivity contribution in [2.75, 3.05) is 6.54 Å². The number of rotatable bonds is 3. The molecular formula is C13H18NO. The van der Waals surface area contributed by atoms with E-state index in [-0.39, 0.29) is 6.23 Å². The average Bonchev–Trinajstić information content (AvgIpc) is 2.31. The lowest BCUT2D eigenvalue weighted by Gasteiger charge is -2.22. The Morgan fingerprint density at radius 1 is 1.40 bits per heavy atom. The first-order valence-electron chi connectivity index (χ1n) is 5.80. The maximum atomic E-state index is 5.83. The lowest BCUT2D eigenvalue weighted by molar-refractivity contribution is 0.128. The van der Waals surface area contributed by atoms with Crippen LogP contribution in [0.25, 0.3) is 0 Å². The van der Waals surface area contributed by atoms with Crippen LogP contribution in [-0.4, -0.2) is 12.8 Å². The van der Waals surface area contributed by atoms with Crippen LogP contribution < -0.4 is 10.1 Å². The molecule has 1 aromatic rings. The molecule has 1 aliphatic rings. The Morgan fingerprint density at radius 2 is 2.33 bits per heavy atom. The van der Waals surface area contributed by atoms with Crippen molar-refractivity contribution in [2.45, 2.75) is 38.8 Å². The molecule has 1 heterocycles. The SMILES string of the molecule is CCc1cccc(OC2CCCC[N]2)c1. The molecule has 2 nitrogen and oxygen atoms in total. The molecule has 0 amide bonds. The van der Waals surface area contributed by atoms with E-state index in [9.17, 15) is 0 Å². The maximum Gasteiger partial charge on any atom is 0.165 e. The minimum atomic E-state index is 0.0888. The molecule has 15 heavy (non-hydrogen) atoms. The molecule has 0 spiro atoms. The van der Waals surface area contributed by atoms with Crippen molar-refractivity contribution >= 4 is 0 Å². The highest BCUT2D eigenvalue weighted by Gasteiger charge is 2.14. The summed E-state index contributed by atoms with van der Waals surface area (Å²) in [5.41, 5.74) is 1.32. The van der Waals surface area contributed by atoms with Gasteiger partial charge >= 0.3 is 0 Å². The number of hydrogen-bond acceptors (Lipinski definition) is 1. The third-order valence-corrected chi connectivity index (χ3v) is 2.77. The fraction of sp³-hybridized carbons (Fsp3) is 0.538. The molecule has 1 unspecified atom stereocenters. The average molecular weight is 204 g/mol. The summed E-state index contributed by atoms with van der Waals surface area (Å²) >= 11 is 0. The summed E-state index contributed by atoms with van der Waals surface area (Å²) in [7, 11) is 0. The Bertz CT molecular complexity index is 305. The Balaban J connectivity index is 1.96. The van der Waals surface area contributed by atoms with Crippen LogP contribution in [0.5, 0.6) is 5.75 Å². The maximum absolute atomic E-state index is 5.83. The van der Waals surface area contributed by atoms with E-state index in [0.29, 0.717) is 0 Å². The first kappa shape index (κ1) is 10.5. The van der Waals surface area contributed by atoms with E-state index in [0.717, 1.165) is 25.1 Å². The van der Waals surface area contributed by atoms with E-state index in [4.69, 9.17) is 4.74 Å². The third-order valence-electron chi connectivity index (χ3n) is 2.77. The van der Waals surface area contributed by atoms with E-state index in [2.05, 4.69) is 30.4 Å². The molecule has 1 saturated heterocycles. The minimum absolute atomic E-state index is 0.0888. The van der Waals surface area contributed by atoms with Gasteiger partial charge in [0.1, 0.15) is 5.75 Å². The van der Waals surface area contributed by atoms with Crippen molar-refractivity contribution in [1.82, 2.24) is 5.32 Å². The number of nitrogens with zero attached hydrogens (tertiary/aromatic N) is 1. The number of benzene rings is 1. The number of piperidine rings is 1. The van der Waals surface area contributed by atoms with Gasteiger partial charge in [-0.15, -0.1) is 0 Å². The summed E-state index contributed by atoms with van der Waals surface area (Å²) < 4.78 is 5.83. The Morgan fingerprint density at radius 3 is 3.07 bits per heavy atom. The summed E-state index contributed by atoms with van der Waals surface area (Å²) in [6.07, 6.45) is 4.66. The van der Waals surface area contributed by atoms with Crippen molar-refractivity contribution in [1.29, 1.82) is 0 Å². The van der Waals surface area contributed by atoms with Crippen LogP contribution in [-0.2, 0) is 6.42 Å². The Kier molecular flexibility index (Phi) is 3.62. The van der Waals surface area contributed by atoms with Gasteiger partial charge in [-0.2, -0.15) is 0 Å². The predicted molar refractivity (Wildman–Crippen MR) is 61.1 cm³/mol. The molecule has 0 aromatic heterocycles. The molecule has 1 aliphatic heterocycles. The molecule has 1 aromatic carbocycles. The van der Waals surface area contributed by atoms with Crippen molar-refractivity contribution < 1.29 is 4.74 Å². The third kappa shape index (κ3) is 2.96. The highest BCUT2D eigenvalue weighted by atomic mass is 16.5. The van der Waals surface area contributed by atoms with Crippen molar-refractivity contribution in [2.24, 2.45) is 0 Å². The molecule has 1 fully saturated rings. The number of ether oxygens (including phenoxy) is 1. The van der Waals surface area contributed by atoms with Crippen LogP contribution in [0.4, 0.5) is 0 Å². The van der Waals surface area contributed by atoms with Crippen LogP contribution in [0.2, 0.25) is 0 Å². The monoisotopic (exact) mass is 204 g/mol. The molecular weight excluding hydrogens is 186 g/mol. The second kappa shape index (κ2) is 5.17. The first-order valence-corrected chi connectivity index (χ1v) is 5.80. The van der Waals surface area contributed by atoms with Gasteiger partial charge in [-0.3, -0.25) is 0 Å². The summed E-state index contributed by atoms with van der Waals surface area (Å²) in [5.74, 6) is 0.963. The predicted octanol–water partition coefficient (Wildman–Crippen LogP) is 2.74. The zero-order chi connectivity index (χ0) is 10.5. The summed E-state index contributed by atoms with van der Waals surface area (Å²) in [6, 6.07) is 8.31. The normalized spacial score (nSPS) is 21.3. The van der Waals surface area contributed by atoms with E-state index in [1.54, 1.807) is 0 Å². The molecule has 0 bridgehead atoms.